The number of rotatable bonds is 5. The summed E-state index contributed by atoms with van der Waals surface area (Å²) >= 11 is 13.9. The van der Waals surface area contributed by atoms with Crippen LogP contribution in [0.4, 0.5) is 0 Å². The largest absolute Gasteiger partial charge is 0.454 e. The van der Waals surface area contributed by atoms with Gasteiger partial charge in [0.1, 0.15) is 0 Å². The predicted molar refractivity (Wildman–Crippen MR) is 114 cm³/mol. The number of halogens is 2. The molecular formula is C20H15Cl2N3O2S. The molecule has 0 spiro atoms. The van der Waals surface area contributed by atoms with Crippen LogP contribution in [0.3, 0.4) is 0 Å². The van der Waals surface area contributed by atoms with Gasteiger partial charge in [-0.3, -0.25) is 4.99 Å². The van der Waals surface area contributed by atoms with Crippen LogP contribution in [0.15, 0.2) is 64.5 Å². The van der Waals surface area contributed by atoms with E-state index >= 15 is 0 Å². The highest BCUT2D eigenvalue weighted by atomic mass is 35.5. The van der Waals surface area contributed by atoms with Crippen molar-refractivity contribution in [3.05, 3.63) is 74.8 Å². The SMILES string of the molecule is C=CCN=c1scc(-c2ccc(Cl)cc2Cl)n1/N=C/c1ccc2c(c1)OCO2. The summed E-state index contributed by atoms with van der Waals surface area (Å²) in [6.07, 6.45) is 3.48. The van der Waals surface area contributed by atoms with E-state index in [4.69, 9.17) is 32.7 Å². The lowest BCUT2D eigenvalue weighted by atomic mass is 10.2. The van der Waals surface area contributed by atoms with Crippen LogP contribution in [-0.4, -0.2) is 24.2 Å². The van der Waals surface area contributed by atoms with Gasteiger partial charge in [-0.25, -0.2) is 4.68 Å². The Morgan fingerprint density at radius 3 is 2.82 bits per heavy atom. The lowest BCUT2D eigenvalue weighted by Gasteiger charge is -2.06. The minimum atomic E-state index is 0.235. The normalized spacial score (nSPS) is 13.4. The van der Waals surface area contributed by atoms with Crippen LogP contribution >= 0.6 is 34.5 Å². The van der Waals surface area contributed by atoms with E-state index < -0.39 is 0 Å². The second kappa shape index (κ2) is 8.22. The van der Waals surface area contributed by atoms with Crippen molar-refractivity contribution in [2.75, 3.05) is 13.3 Å². The Labute approximate surface area is 175 Å². The maximum Gasteiger partial charge on any atom is 0.231 e. The fraction of sp³-hybridized carbons (Fsp3) is 0.100. The molecule has 2 aromatic carbocycles. The molecular weight excluding hydrogens is 417 g/mol. The molecule has 1 aliphatic heterocycles. The van der Waals surface area contributed by atoms with Crippen molar-refractivity contribution >= 4 is 40.8 Å². The van der Waals surface area contributed by atoms with Gasteiger partial charge in [-0.05, 0) is 42.0 Å². The van der Waals surface area contributed by atoms with E-state index in [2.05, 4.69) is 16.7 Å². The molecule has 0 saturated carbocycles. The number of ether oxygens (including phenoxy) is 2. The molecule has 0 saturated heterocycles. The molecule has 0 unspecified atom stereocenters. The van der Waals surface area contributed by atoms with Gasteiger partial charge in [-0.2, -0.15) is 5.10 Å². The topological polar surface area (TPSA) is 48.1 Å². The fourth-order valence-corrected chi connectivity index (χ4v) is 4.01. The first-order valence-electron chi connectivity index (χ1n) is 8.37. The van der Waals surface area contributed by atoms with E-state index in [1.165, 1.54) is 11.3 Å². The maximum absolute atomic E-state index is 6.41. The van der Waals surface area contributed by atoms with E-state index in [0.29, 0.717) is 22.3 Å². The first-order chi connectivity index (χ1) is 13.7. The maximum atomic E-state index is 6.41. The number of nitrogens with zero attached hydrogens (tertiary/aromatic N) is 3. The van der Waals surface area contributed by atoms with Crippen LogP contribution in [0.25, 0.3) is 11.3 Å². The first-order valence-corrected chi connectivity index (χ1v) is 10.0. The molecule has 0 aliphatic carbocycles. The van der Waals surface area contributed by atoms with Gasteiger partial charge in [-0.15, -0.1) is 17.9 Å². The molecule has 0 bridgehead atoms. The Morgan fingerprint density at radius 2 is 2.00 bits per heavy atom. The summed E-state index contributed by atoms with van der Waals surface area (Å²) in [5.74, 6) is 1.44. The first kappa shape index (κ1) is 18.8. The van der Waals surface area contributed by atoms with Crippen molar-refractivity contribution in [1.29, 1.82) is 0 Å². The van der Waals surface area contributed by atoms with Gasteiger partial charge < -0.3 is 9.47 Å². The molecule has 2 heterocycles. The van der Waals surface area contributed by atoms with Crippen LogP contribution in [0.1, 0.15) is 5.56 Å². The molecule has 1 aliphatic rings. The molecule has 1 aromatic heterocycles. The molecule has 8 heteroatoms. The molecule has 0 atom stereocenters. The molecule has 28 heavy (non-hydrogen) atoms. The highest BCUT2D eigenvalue weighted by Crippen LogP contribution is 2.32. The van der Waals surface area contributed by atoms with Crippen molar-refractivity contribution in [3.63, 3.8) is 0 Å². The predicted octanol–water partition coefficient (Wildman–Crippen LogP) is 5.22. The van der Waals surface area contributed by atoms with E-state index in [-0.39, 0.29) is 6.79 Å². The van der Waals surface area contributed by atoms with Crippen LogP contribution in [0.5, 0.6) is 11.5 Å². The minimum Gasteiger partial charge on any atom is -0.454 e. The Bertz CT molecular complexity index is 1130. The summed E-state index contributed by atoms with van der Waals surface area (Å²) < 4.78 is 12.5. The lowest BCUT2D eigenvalue weighted by molar-refractivity contribution is 0.174. The Balaban J connectivity index is 1.77. The number of aromatic nitrogens is 1. The minimum absolute atomic E-state index is 0.235. The van der Waals surface area contributed by atoms with Crippen LogP contribution in [0.2, 0.25) is 10.0 Å². The molecule has 142 valence electrons. The Kier molecular flexibility index (Phi) is 5.52. The summed E-state index contributed by atoms with van der Waals surface area (Å²) in [6.45, 7) is 4.45. The van der Waals surface area contributed by atoms with Gasteiger partial charge in [0, 0.05) is 16.0 Å². The average Bonchev–Trinajstić information content (AvgIpc) is 3.31. The molecule has 0 N–H and O–H groups in total. The van der Waals surface area contributed by atoms with Gasteiger partial charge >= 0.3 is 0 Å². The van der Waals surface area contributed by atoms with Crippen molar-refractivity contribution in [1.82, 2.24) is 4.68 Å². The van der Waals surface area contributed by atoms with Gasteiger partial charge in [0.25, 0.3) is 0 Å². The molecule has 4 rings (SSSR count). The highest BCUT2D eigenvalue weighted by molar-refractivity contribution is 7.07. The third-order valence-electron chi connectivity index (χ3n) is 3.97. The zero-order valence-corrected chi connectivity index (χ0v) is 17.0. The molecule has 5 nitrogen and oxygen atoms in total. The van der Waals surface area contributed by atoms with E-state index in [1.807, 2.05) is 29.6 Å². The van der Waals surface area contributed by atoms with Gasteiger partial charge in [0.2, 0.25) is 11.6 Å². The number of hydrogen-bond acceptors (Lipinski definition) is 5. The number of fused-ring (bicyclic) bond motifs is 1. The molecule has 0 fully saturated rings. The second-order valence-corrected chi connectivity index (χ2v) is 7.51. The van der Waals surface area contributed by atoms with Crippen molar-refractivity contribution in [2.24, 2.45) is 10.1 Å². The van der Waals surface area contributed by atoms with E-state index in [1.54, 1.807) is 29.1 Å². The van der Waals surface area contributed by atoms with Crippen molar-refractivity contribution in [2.45, 2.75) is 0 Å². The third-order valence-corrected chi connectivity index (χ3v) is 5.37. The van der Waals surface area contributed by atoms with E-state index in [9.17, 15) is 0 Å². The van der Waals surface area contributed by atoms with Gasteiger partial charge in [0.15, 0.2) is 11.5 Å². The molecule has 3 aromatic rings. The summed E-state index contributed by atoms with van der Waals surface area (Å²) in [5, 5.41) is 7.74. The Hall–Kier alpha value is -2.54. The number of benzene rings is 2. The average molecular weight is 432 g/mol. The third kappa shape index (κ3) is 3.85. The summed E-state index contributed by atoms with van der Waals surface area (Å²) in [4.78, 5) is 5.26. The zero-order chi connectivity index (χ0) is 19.5. The fourth-order valence-electron chi connectivity index (χ4n) is 2.66. The summed E-state index contributed by atoms with van der Waals surface area (Å²) in [6, 6.07) is 11.0. The summed E-state index contributed by atoms with van der Waals surface area (Å²) in [7, 11) is 0. The van der Waals surface area contributed by atoms with Crippen LogP contribution in [-0.2, 0) is 0 Å². The van der Waals surface area contributed by atoms with Crippen LogP contribution in [0, 0.1) is 0 Å². The smallest absolute Gasteiger partial charge is 0.231 e. The van der Waals surface area contributed by atoms with Crippen LogP contribution < -0.4 is 14.3 Å². The van der Waals surface area contributed by atoms with Gasteiger partial charge in [-0.1, -0.05) is 29.3 Å². The Morgan fingerprint density at radius 1 is 1.14 bits per heavy atom. The number of hydrogen-bond donors (Lipinski definition) is 0. The quantitative estimate of drug-likeness (QED) is 0.410. The van der Waals surface area contributed by atoms with E-state index in [0.717, 1.165) is 27.4 Å². The monoisotopic (exact) mass is 431 g/mol. The van der Waals surface area contributed by atoms with Crippen molar-refractivity contribution in [3.8, 4) is 22.8 Å². The second-order valence-electron chi connectivity index (χ2n) is 5.83. The van der Waals surface area contributed by atoms with Crippen molar-refractivity contribution < 1.29 is 9.47 Å². The molecule has 0 radical (unpaired) electrons. The molecule has 0 amide bonds. The summed E-state index contributed by atoms with van der Waals surface area (Å²) in [5.41, 5.74) is 2.53. The van der Waals surface area contributed by atoms with Gasteiger partial charge in [0.05, 0.1) is 23.5 Å². The highest BCUT2D eigenvalue weighted by Gasteiger charge is 2.14. The zero-order valence-electron chi connectivity index (χ0n) is 14.6. The number of thiazole rings is 1. The standard InChI is InChI=1S/C20H15Cl2N3O2S/c1-2-7-23-20-25(17(11-28-20)15-5-4-14(21)9-16(15)22)24-10-13-3-6-18-19(8-13)27-12-26-18/h2-6,8-11H,1,7,12H2/b23-20?,24-10+. The lowest BCUT2D eigenvalue weighted by Crippen LogP contribution is -2.12.